The van der Waals surface area contributed by atoms with Crippen LogP contribution in [0, 0.1) is 0 Å². The van der Waals surface area contributed by atoms with Crippen molar-refractivity contribution in [1.29, 1.82) is 0 Å². The molecule has 34 heavy (non-hydrogen) atoms. The van der Waals surface area contributed by atoms with Crippen molar-refractivity contribution in [3.63, 3.8) is 0 Å². The average Bonchev–Trinajstić information content (AvgIpc) is 3.46. The molecule has 9 heteroatoms. The zero-order chi connectivity index (χ0) is 24.2. The monoisotopic (exact) mass is 526 g/mol. The van der Waals surface area contributed by atoms with Crippen molar-refractivity contribution in [2.24, 2.45) is 0 Å². The number of likely N-dealkylation sites (tertiary alicyclic amines) is 1. The van der Waals surface area contributed by atoms with E-state index in [1.54, 1.807) is 42.5 Å². The van der Waals surface area contributed by atoms with E-state index in [2.05, 4.69) is 20.9 Å². The molecule has 1 aliphatic heterocycles. The molecule has 0 saturated carbocycles. The zero-order valence-electron chi connectivity index (χ0n) is 18.8. The number of carbonyl (C=O) groups excluding carboxylic acids is 2. The number of halogens is 1. The van der Waals surface area contributed by atoms with Crippen molar-refractivity contribution in [2.45, 2.75) is 19.0 Å². The van der Waals surface area contributed by atoms with Crippen LogP contribution in [-0.4, -0.2) is 47.4 Å². The van der Waals surface area contributed by atoms with Crippen LogP contribution >= 0.6 is 15.9 Å². The van der Waals surface area contributed by atoms with Crippen molar-refractivity contribution in [1.82, 2.24) is 9.88 Å². The number of carbonyl (C=O) groups is 2. The molecule has 1 unspecified atom stereocenters. The number of rotatable bonds is 8. The van der Waals surface area contributed by atoms with E-state index in [1.165, 1.54) is 19.1 Å². The Bertz CT molecular complexity index is 1220. The molecule has 2 aromatic carbocycles. The summed E-state index contributed by atoms with van der Waals surface area (Å²) in [5.74, 6) is -0.572. The van der Waals surface area contributed by atoms with Gasteiger partial charge < -0.3 is 19.5 Å². The number of aryl methyl sites for hydroxylation is 1. The van der Waals surface area contributed by atoms with Crippen molar-refractivity contribution >= 4 is 33.4 Å². The number of ketones is 1. The maximum Gasteiger partial charge on any atom is 0.295 e. The van der Waals surface area contributed by atoms with Crippen LogP contribution in [0.3, 0.4) is 0 Å². The largest absolute Gasteiger partial charge is 0.507 e. The highest BCUT2D eigenvalue weighted by Gasteiger charge is 2.46. The Hall–Kier alpha value is -3.59. The SMILES string of the molecule is COc1ccc(C2/C(=C(\O)c3ccc(Br)cc3)C(=O)C(=O)N2CCC[n+]2cc[nH]c2)cc1OC. The van der Waals surface area contributed by atoms with Crippen LogP contribution in [0.5, 0.6) is 11.5 Å². The van der Waals surface area contributed by atoms with Crippen molar-refractivity contribution in [3.8, 4) is 11.5 Å². The number of nitrogens with one attached hydrogen (secondary N) is 1. The van der Waals surface area contributed by atoms with Crippen molar-refractivity contribution < 1.29 is 28.7 Å². The number of hydrogen-bond acceptors (Lipinski definition) is 5. The third kappa shape index (κ3) is 4.56. The minimum absolute atomic E-state index is 0.0499. The lowest BCUT2D eigenvalue weighted by Crippen LogP contribution is -2.36. The smallest absolute Gasteiger partial charge is 0.295 e. The molecule has 1 saturated heterocycles. The number of nitrogens with zero attached hydrogens (tertiary/aromatic N) is 2. The summed E-state index contributed by atoms with van der Waals surface area (Å²) >= 11 is 3.37. The molecule has 8 nitrogen and oxygen atoms in total. The number of ether oxygens (including phenoxy) is 2. The van der Waals surface area contributed by atoms with Gasteiger partial charge in [0.25, 0.3) is 11.7 Å². The summed E-state index contributed by atoms with van der Waals surface area (Å²) < 4.78 is 13.6. The molecule has 3 aromatic rings. The van der Waals surface area contributed by atoms with Gasteiger partial charge in [0.05, 0.1) is 32.4 Å². The lowest BCUT2D eigenvalue weighted by atomic mass is 9.95. The molecule has 2 heterocycles. The number of aromatic amines is 1. The summed E-state index contributed by atoms with van der Waals surface area (Å²) in [6, 6.07) is 11.4. The molecular weight excluding hydrogens is 502 g/mol. The topological polar surface area (TPSA) is 95.7 Å². The molecule has 0 radical (unpaired) electrons. The first kappa shape index (κ1) is 23.6. The number of H-pyrrole nitrogens is 1. The molecule has 1 aromatic heterocycles. The second kappa shape index (κ2) is 10.1. The summed E-state index contributed by atoms with van der Waals surface area (Å²) in [4.78, 5) is 30.8. The average molecular weight is 527 g/mol. The molecule has 0 spiro atoms. The van der Waals surface area contributed by atoms with Gasteiger partial charge in [0.2, 0.25) is 6.33 Å². The van der Waals surface area contributed by atoms with Gasteiger partial charge in [-0.3, -0.25) is 14.6 Å². The van der Waals surface area contributed by atoms with Gasteiger partial charge in [0, 0.05) is 23.0 Å². The number of aliphatic hydroxyl groups is 1. The lowest BCUT2D eigenvalue weighted by molar-refractivity contribution is -0.695. The van der Waals surface area contributed by atoms with Crippen molar-refractivity contribution in [2.75, 3.05) is 20.8 Å². The fourth-order valence-corrected chi connectivity index (χ4v) is 4.39. The first-order chi connectivity index (χ1) is 16.4. The van der Waals surface area contributed by atoms with Gasteiger partial charge in [0.1, 0.15) is 18.2 Å². The highest BCUT2D eigenvalue weighted by molar-refractivity contribution is 9.10. The quantitative estimate of drug-likeness (QED) is 0.202. The molecule has 4 rings (SSSR count). The summed E-state index contributed by atoms with van der Waals surface area (Å²) in [6.45, 7) is 0.997. The van der Waals surface area contributed by atoms with Crippen LogP contribution in [0.15, 0.2) is 71.2 Å². The third-order valence-electron chi connectivity index (χ3n) is 5.80. The number of Topliss-reactive ketones (excluding diaryl/α,β-unsaturated/α-hetero) is 1. The molecule has 1 amide bonds. The molecule has 2 N–H and O–H groups in total. The summed E-state index contributed by atoms with van der Waals surface area (Å²) in [6.07, 6.45) is 6.16. The molecule has 0 bridgehead atoms. The van der Waals surface area contributed by atoms with Gasteiger partial charge in [-0.1, -0.05) is 34.1 Å². The number of benzene rings is 2. The van der Waals surface area contributed by atoms with E-state index in [4.69, 9.17) is 9.47 Å². The molecule has 1 aliphatic rings. The Morgan fingerprint density at radius 3 is 2.50 bits per heavy atom. The second-order valence-electron chi connectivity index (χ2n) is 7.82. The predicted molar refractivity (Wildman–Crippen MR) is 128 cm³/mol. The van der Waals surface area contributed by atoms with Crippen LogP contribution in [0.2, 0.25) is 0 Å². The van der Waals surface area contributed by atoms with E-state index in [0.29, 0.717) is 42.1 Å². The molecule has 1 fully saturated rings. The third-order valence-corrected chi connectivity index (χ3v) is 6.33. The standard InChI is InChI=1S/C25H24BrN3O5/c1-33-19-9-6-17(14-20(19)34-2)22-21(23(30)16-4-7-18(26)8-5-16)24(31)25(32)29(22)12-3-11-28-13-10-27-15-28/h4-10,13-15,22H,3,11-12H2,1-2H3,(H,30,31)/p+1. The van der Waals surface area contributed by atoms with E-state index in [0.717, 1.165) is 4.47 Å². The predicted octanol–water partition coefficient (Wildman–Crippen LogP) is 3.59. The second-order valence-corrected chi connectivity index (χ2v) is 8.73. The number of amides is 1. The van der Waals surface area contributed by atoms with E-state index in [-0.39, 0.29) is 11.3 Å². The Morgan fingerprint density at radius 1 is 1.12 bits per heavy atom. The van der Waals surface area contributed by atoms with E-state index in [9.17, 15) is 14.7 Å². The maximum atomic E-state index is 13.2. The minimum atomic E-state index is -0.764. The summed E-state index contributed by atoms with van der Waals surface area (Å²) in [7, 11) is 3.06. The highest BCUT2D eigenvalue weighted by atomic mass is 79.9. The number of hydrogen-bond donors (Lipinski definition) is 2. The number of imidazole rings is 1. The van der Waals surface area contributed by atoms with Crippen LogP contribution in [0.1, 0.15) is 23.6 Å². The van der Waals surface area contributed by atoms with Gasteiger partial charge in [-0.2, -0.15) is 0 Å². The van der Waals surface area contributed by atoms with Gasteiger partial charge in [-0.15, -0.1) is 0 Å². The fraction of sp³-hybridized carbons (Fsp3) is 0.240. The zero-order valence-corrected chi connectivity index (χ0v) is 20.4. The molecule has 1 atom stereocenters. The highest BCUT2D eigenvalue weighted by Crippen LogP contribution is 2.42. The fourth-order valence-electron chi connectivity index (χ4n) is 4.13. The van der Waals surface area contributed by atoms with Crippen LogP contribution < -0.4 is 14.0 Å². The van der Waals surface area contributed by atoms with Crippen molar-refractivity contribution in [3.05, 3.63) is 82.4 Å². The normalized spacial score (nSPS) is 17.3. The van der Waals surface area contributed by atoms with Crippen LogP contribution in [-0.2, 0) is 16.1 Å². The molecule has 176 valence electrons. The number of methoxy groups -OCH3 is 2. The first-order valence-corrected chi connectivity index (χ1v) is 11.5. The van der Waals surface area contributed by atoms with Crippen LogP contribution in [0.4, 0.5) is 0 Å². The molecule has 0 aliphatic carbocycles. The van der Waals surface area contributed by atoms with E-state index in [1.807, 2.05) is 23.3 Å². The lowest BCUT2D eigenvalue weighted by Gasteiger charge is -2.25. The van der Waals surface area contributed by atoms with Gasteiger partial charge in [-0.25, -0.2) is 4.57 Å². The Kier molecular flexibility index (Phi) is 7.02. The number of aliphatic hydroxyl groups excluding tert-OH is 1. The van der Waals surface area contributed by atoms with Crippen LogP contribution in [0.25, 0.3) is 5.76 Å². The van der Waals surface area contributed by atoms with Gasteiger partial charge in [0.15, 0.2) is 11.5 Å². The first-order valence-electron chi connectivity index (χ1n) is 10.7. The Balaban J connectivity index is 1.77. The minimum Gasteiger partial charge on any atom is -0.507 e. The van der Waals surface area contributed by atoms with Gasteiger partial charge in [-0.05, 0) is 29.8 Å². The summed E-state index contributed by atoms with van der Waals surface area (Å²) in [5.41, 5.74) is 1.15. The van der Waals surface area contributed by atoms with Gasteiger partial charge >= 0.3 is 0 Å². The summed E-state index contributed by atoms with van der Waals surface area (Å²) in [5, 5.41) is 11.2. The Morgan fingerprint density at radius 2 is 1.85 bits per heavy atom. The maximum absolute atomic E-state index is 13.2. The Labute approximate surface area is 205 Å². The van der Waals surface area contributed by atoms with E-state index < -0.39 is 17.7 Å². The van der Waals surface area contributed by atoms with E-state index >= 15 is 0 Å². The number of aromatic nitrogens is 2. The molecular formula is C25H25BrN3O5+.